The zero-order valence-corrected chi connectivity index (χ0v) is 11.7. The van der Waals surface area contributed by atoms with E-state index in [1.165, 1.54) is 11.3 Å². The Hall–Kier alpha value is -2.38. The number of anilines is 3. The minimum atomic E-state index is -0.272. The van der Waals surface area contributed by atoms with Crippen LogP contribution in [-0.4, -0.2) is 26.6 Å². The van der Waals surface area contributed by atoms with Gasteiger partial charge in [-0.05, 0) is 11.4 Å². The van der Waals surface area contributed by atoms with Crippen LogP contribution < -0.4 is 16.8 Å². The number of carbonyl (C=O) groups excluding carboxylic acids is 1. The Morgan fingerprint density at radius 2 is 2.10 bits per heavy atom. The van der Waals surface area contributed by atoms with Crippen molar-refractivity contribution in [2.24, 2.45) is 0 Å². The monoisotopic (exact) mass is 307 g/mol. The Labute approximate surface area is 122 Å². The topological polar surface area (TPSA) is 144 Å². The highest BCUT2D eigenvalue weighted by atomic mass is 32.2. The van der Waals surface area contributed by atoms with Crippen LogP contribution in [-0.2, 0) is 4.79 Å². The zero-order valence-electron chi connectivity index (χ0n) is 10.0. The normalized spacial score (nSPS) is 9.95. The summed E-state index contributed by atoms with van der Waals surface area (Å²) in [5.74, 6) is -0.187. The number of nitrogens with one attached hydrogen (secondary N) is 1. The van der Waals surface area contributed by atoms with Gasteiger partial charge in [0.05, 0.1) is 11.3 Å². The molecular formula is C10H9N7OS2. The van der Waals surface area contributed by atoms with Gasteiger partial charge in [0.2, 0.25) is 17.8 Å². The van der Waals surface area contributed by atoms with Gasteiger partial charge in [-0.15, -0.1) is 11.3 Å². The molecule has 0 atom stereocenters. The summed E-state index contributed by atoms with van der Waals surface area (Å²) in [6, 6.07) is 3.63. The van der Waals surface area contributed by atoms with Gasteiger partial charge in [0.15, 0.2) is 5.16 Å². The predicted molar refractivity (Wildman–Crippen MR) is 77.0 cm³/mol. The number of amides is 1. The summed E-state index contributed by atoms with van der Waals surface area (Å²) in [5, 5.41) is 14.0. The SMILES string of the molecule is N#Cc1ccsc1NC(=O)CSc1nc(N)nc(N)n1. The first-order chi connectivity index (χ1) is 9.58. The third-order valence-electron chi connectivity index (χ3n) is 2.02. The second-order valence-electron chi connectivity index (χ2n) is 3.45. The van der Waals surface area contributed by atoms with Crippen molar-refractivity contribution in [2.75, 3.05) is 22.5 Å². The predicted octanol–water partition coefficient (Wildman–Crippen LogP) is 0.700. The van der Waals surface area contributed by atoms with Crippen LogP contribution in [0.2, 0.25) is 0 Å². The molecule has 0 saturated heterocycles. The molecule has 0 aliphatic carbocycles. The quantitative estimate of drug-likeness (QED) is 0.700. The van der Waals surface area contributed by atoms with Gasteiger partial charge in [0, 0.05) is 0 Å². The van der Waals surface area contributed by atoms with Crippen molar-refractivity contribution in [3.8, 4) is 6.07 Å². The fourth-order valence-corrected chi connectivity index (χ4v) is 2.64. The number of hydrogen-bond acceptors (Lipinski definition) is 9. The Kier molecular flexibility index (Phi) is 4.34. The van der Waals surface area contributed by atoms with Gasteiger partial charge in [0.25, 0.3) is 0 Å². The van der Waals surface area contributed by atoms with Crippen molar-refractivity contribution in [3.63, 3.8) is 0 Å². The first-order valence-electron chi connectivity index (χ1n) is 5.25. The van der Waals surface area contributed by atoms with E-state index in [2.05, 4.69) is 20.3 Å². The molecule has 0 bridgehead atoms. The molecule has 0 aliphatic heterocycles. The summed E-state index contributed by atoms with van der Waals surface area (Å²) in [4.78, 5) is 23.1. The highest BCUT2D eigenvalue weighted by Gasteiger charge is 2.10. The molecule has 10 heteroatoms. The van der Waals surface area contributed by atoms with Crippen LogP contribution in [0.3, 0.4) is 0 Å². The Morgan fingerprint density at radius 3 is 2.75 bits per heavy atom. The average Bonchev–Trinajstić information content (AvgIpc) is 2.82. The summed E-state index contributed by atoms with van der Waals surface area (Å²) in [7, 11) is 0. The maximum atomic E-state index is 11.8. The maximum absolute atomic E-state index is 11.8. The fraction of sp³-hybridized carbons (Fsp3) is 0.100. The number of nitrogens with zero attached hydrogens (tertiary/aromatic N) is 4. The standard InChI is InChI=1S/C10H9N7OS2/c11-3-5-1-2-19-7(5)14-6(18)4-20-10-16-8(12)15-9(13)17-10/h1-2H,4H2,(H,14,18)(H4,12,13,15,16,17). The van der Waals surface area contributed by atoms with Crippen molar-refractivity contribution in [1.82, 2.24) is 15.0 Å². The number of hydrogen-bond donors (Lipinski definition) is 3. The van der Waals surface area contributed by atoms with Gasteiger partial charge >= 0.3 is 0 Å². The number of rotatable bonds is 4. The molecule has 8 nitrogen and oxygen atoms in total. The highest BCUT2D eigenvalue weighted by Crippen LogP contribution is 2.23. The summed E-state index contributed by atoms with van der Waals surface area (Å²) >= 11 is 2.36. The van der Waals surface area contributed by atoms with Crippen molar-refractivity contribution in [2.45, 2.75) is 5.16 Å². The smallest absolute Gasteiger partial charge is 0.235 e. The van der Waals surface area contributed by atoms with Gasteiger partial charge in [0.1, 0.15) is 11.1 Å². The van der Waals surface area contributed by atoms with Crippen molar-refractivity contribution < 1.29 is 4.79 Å². The average molecular weight is 307 g/mol. The molecule has 2 rings (SSSR count). The van der Waals surface area contributed by atoms with E-state index in [0.29, 0.717) is 10.6 Å². The molecule has 20 heavy (non-hydrogen) atoms. The number of nitrogen functional groups attached to an aromatic ring is 2. The second kappa shape index (κ2) is 6.18. The van der Waals surface area contributed by atoms with Gasteiger partial charge in [-0.3, -0.25) is 4.79 Å². The first kappa shape index (κ1) is 14.0. The molecule has 0 aliphatic rings. The number of carbonyl (C=O) groups is 1. The van der Waals surface area contributed by atoms with Crippen LogP contribution in [0.15, 0.2) is 16.6 Å². The van der Waals surface area contributed by atoms with Crippen LogP contribution in [0.25, 0.3) is 0 Å². The van der Waals surface area contributed by atoms with E-state index < -0.39 is 0 Å². The van der Waals surface area contributed by atoms with Crippen LogP contribution in [0.4, 0.5) is 16.9 Å². The van der Waals surface area contributed by atoms with E-state index in [0.717, 1.165) is 11.8 Å². The molecule has 0 radical (unpaired) electrons. The number of thiophene rings is 1. The molecule has 0 saturated carbocycles. The molecule has 5 N–H and O–H groups in total. The minimum absolute atomic E-state index is 0.00503. The lowest BCUT2D eigenvalue weighted by Gasteiger charge is -2.03. The molecular weight excluding hydrogens is 298 g/mol. The number of nitriles is 1. The summed E-state index contributed by atoms with van der Waals surface area (Å²) < 4.78 is 0. The van der Waals surface area contributed by atoms with Crippen molar-refractivity contribution >= 4 is 45.9 Å². The summed E-state index contributed by atoms with van der Waals surface area (Å²) in [6.07, 6.45) is 0. The Bertz CT molecular complexity index is 658. The van der Waals surface area contributed by atoms with Crippen molar-refractivity contribution in [3.05, 3.63) is 17.0 Å². The molecule has 0 spiro atoms. The van der Waals surface area contributed by atoms with Gasteiger partial charge in [-0.2, -0.15) is 20.2 Å². The van der Waals surface area contributed by atoms with Crippen LogP contribution in [0.5, 0.6) is 0 Å². The number of nitrogens with two attached hydrogens (primary N) is 2. The Morgan fingerprint density at radius 1 is 1.40 bits per heavy atom. The zero-order chi connectivity index (χ0) is 14.5. The molecule has 0 aromatic carbocycles. The minimum Gasteiger partial charge on any atom is -0.368 e. The molecule has 2 heterocycles. The molecule has 2 aromatic heterocycles. The van der Waals surface area contributed by atoms with E-state index in [9.17, 15) is 4.79 Å². The van der Waals surface area contributed by atoms with Gasteiger partial charge in [-0.25, -0.2) is 0 Å². The van der Waals surface area contributed by atoms with Crippen LogP contribution in [0.1, 0.15) is 5.56 Å². The van der Waals surface area contributed by atoms with E-state index in [-0.39, 0.29) is 28.7 Å². The second-order valence-corrected chi connectivity index (χ2v) is 5.31. The van der Waals surface area contributed by atoms with E-state index >= 15 is 0 Å². The largest absolute Gasteiger partial charge is 0.368 e. The maximum Gasteiger partial charge on any atom is 0.235 e. The highest BCUT2D eigenvalue weighted by molar-refractivity contribution is 7.99. The Balaban J connectivity index is 1.94. The third-order valence-corrected chi connectivity index (χ3v) is 3.70. The molecule has 1 amide bonds. The number of aromatic nitrogens is 3. The molecule has 102 valence electrons. The number of thioether (sulfide) groups is 1. The lowest BCUT2D eigenvalue weighted by molar-refractivity contribution is -0.113. The van der Waals surface area contributed by atoms with Gasteiger partial charge in [-0.1, -0.05) is 11.8 Å². The summed E-state index contributed by atoms with van der Waals surface area (Å²) in [5.41, 5.74) is 11.3. The van der Waals surface area contributed by atoms with Crippen molar-refractivity contribution in [1.29, 1.82) is 5.26 Å². The van der Waals surface area contributed by atoms with E-state index in [1.807, 2.05) is 6.07 Å². The summed E-state index contributed by atoms with van der Waals surface area (Å²) in [6.45, 7) is 0. The lowest BCUT2D eigenvalue weighted by Crippen LogP contribution is -2.14. The van der Waals surface area contributed by atoms with Crippen LogP contribution in [0, 0.1) is 11.3 Å². The third kappa shape index (κ3) is 3.56. The lowest BCUT2D eigenvalue weighted by atomic mass is 10.3. The van der Waals surface area contributed by atoms with Crippen LogP contribution >= 0.6 is 23.1 Å². The van der Waals surface area contributed by atoms with E-state index in [1.54, 1.807) is 11.4 Å². The van der Waals surface area contributed by atoms with E-state index in [4.69, 9.17) is 16.7 Å². The molecule has 0 unspecified atom stereocenters. The van der Waals surface area contributed by atoms with Gasteiger partial charge < -0.3 is 16.8 Å². The molecule has 0 fully saturated rings. The first-order valence-corrected chi connectivity index (χ1v) is 7.12. The fourth-order valence-electron chi connectivity index (χ4n) is 1.24. The molecule has 2 aromatic rings.